The van der Waals surface area contributed by atoms with Crippen molar-refractivity contribution >= 4 is 20.8 Å². The summed E-state index contributed by atoms with van der Waals surface area (Å²) in [6.07, 6.45) is 0. The fourth-order valence-corrected chi connectivity index (χ4v) is 0.631. The fourth-order valence-electron chi connectivity index (χ4n) is 0.631. The molecule has 0 radical (unpaired) electrons. The van der Waals surface area contributed by atoms with E-state index >= 15 is 0 Å². The molecule has 0 atom stereocenters. The summed E-state index contributed by atoms with van der Waals surface area (Å²) in [6, 6.07) is 0. The second-order valence-corrected chi connectivity index (χ2v) is 4.76. The van der Waals surface area contributed by atoms with Gasteiger partial charge in [0.05, 0.1) is 0 Å². The van der Waals surface area contributed by atoms with E-state index in [0.717, 1.165) is 26.2 Å². The maximum atomic E-state index is 8.74. The second kappa shape index (κ2) is 20.5. The molecule has 142 valence electrons. The first kappa shape index (κ1) is 33.2. The van der Waals surface area contributed by atoms with Gasteiger partial charge < -0.3 is 33.1 Å². The summed E-state index contributed by atoms with van der Waals surface area (Å²) in [5.74, 6) is 0. The highest BCUT2D eigenvalue weighted by Crippen LogP contribution is 1.59. The molecule has 0 aliphatic heterocycles. The van der Waals surface area contributed by atoms with E-state index in [1.165, 1.54) is 0 Å². The molecule has 0 unspecified atom stereocenters. The fraction of sp³-hybridized carbons (Fsp3) is 1.00. The van der Waals surface area contributed by atoms with Gasteiger partial charge in [-0.2, -0.15) is 16.8 Å². The topological polar surface area (TPSA) is 288 Å². The summed E-state index contributed by atoms with van der Waals surface area (Å²) >= 11 is 0. The molecule has 0 fully saturated rings. The third-order valence-electron chi connectivity index (χ3n) is 1.12. The molecule has 0 saturated carbocycles. The van der Waals surface area contributed by atoms with Crippen molar-refractivity contribution in [3.63, 3.8) is 0 Å². The predicted molar refractivity (Wildman–Crippen MR) is 79.4 cm³/mol. The highest BCUT2D eigenvalue weighted by molar-refractivity contribution is 7.80. The van der Waals surface area contributed by atoms with Gasteiger partial charge in [-0.15, -0.1) is 0 Å². The molecular weight excluding hydrogens is 352 g/mol. The Morgan fingerprint density at radius 1 is 0.636 bits per heavy atom. The van der Waals surface area contributed by atoms with Gasteiger partial charge in [0.25, 0.3) is 0 Å². The van der Waals surface area contributed by atoms with Crippen molar-refractivity contribution in [3.05, 3.63) is 0 Å². The van der Waals surface area contributed by atoms with Crippen LogP contribution in [0.1, 0.15) is 0 Å². The monoisotopic (exact) mass is 378 g/mol. The Hall–Kier alpha value is -0.500. The Labute approximate surface area is 129 Å². The van der Waals surface area contributed by atoms with Gasteiger partial charge in [0.2, 0.25) is 0 Å². The van der Waals surface area contributed by atoms with Gasteiger partial charge in [-0.25, -0.2) is 0 Å². The van der Waals surface area contributed by atoms with E-state index in [1.54, 1.807) is 0 Å². The Morgan fingerprint density at radius 3 is 0.955 bits per heavy atom. The molecule has 0 aliphatic carbocycles. The lowest BCUT2D eigenvalue weighted by atomic mass is 10.5. The van der Waals surface area contributed by atoms with Crippen LogP contribution in [0.2, 0.25) is 0 Å². The predicted octanol–water partition coefficient (Wildman–Crippen LogP) is -4.87. The summed E-state index contributed by atoms with van der Waals surface area (Å²) in [7, 11) is -9.33. The third kappa shape index (κ3) is 158. The lowest BCUT2D eigenvalue weighted by Crippen LogP contribution is -2.32. The average Bonchev–Trinajstić information content (AvgIpc) is 2.18. The van der Waals surface area contributed by atoms with Crippen molar-refractivity contribution < 1.29 is 46.0 Å². The second-order valence-electron chi connectivity index (χ2n) is 2.97. The van der Waals surface area contributed by atoms with Gasteiger partial charge in [0, 0.05) is 39.3 Å². The van der Waals surface area contributed by atoms with Crippen LogP contribution in [0.3, 0.4) is 0 Å². The van der Waals surface area contributed by atoms with Gasteiger partial charge >= 0.3 is 20.8 Å². The van der Waals surface area contributed by atoms with E-state index in [1.807, 2.05) is 0 Å². The quantitative estimate of drug-likeness (QED) is 0.153. The molecule has 0 heterocycles. The van der Waals surface area contributed by atoms with Crippen molar-refractivity contribution in [1.82, 2.24) is 10.6 Å². The summed E-state index contributed by atoms with van der Waals surface area (Å²) in [4.78, 5) is 0. The molecule has 0 saturated heterocycles. The number of nitrogens with two attached hydrogens (primary N) is 2. The van der Waals surface area contributed by atoms with Gasteiger partial charge in [-0.1, -0.05) is 0 Å². The molecule has 0 rings (SSSR count). The maximum absolute atomic E-state index is 8.74. The zero-order chi connectivity index (χ0) is 16.7. The van der Waals surface area contributed by atoms with Crippen LogP contribution in [-0.4, -0.2) is 85.3 Å². The summed E-state index contributed by atoms with van der Waals surface area (Å²) in [6.45, 7) is 5.14. The standard InChI is InChI=1S/C6H18N4.2H2O4S.2H2O/c7-1-3-9-5-6-10-4-2-8;2*1-5(2,3)4;;/h9-10H,1-8H2;2*(H2,1,2,3,4);2*1H2. The summed E-state index contributed by atoms with van der Waals surface area (Å²) < 4.78 is 63.2. The third-order valence-corrected chi connectivity index (χ3v) is 1.12. The van der Waals surface area contributed by atoms with E-state index in [9.17, 15) is 0 Å². The summed E-state index contributed by atoms with van der Waals surface area (Å²) in [5.41, 5.74) is 10.5. The van der Waals surface area contributed by atoms with Crippen molar-refractivity contribution in [2.24, 2.45) is 11.5 Å². The number of hydrogen-bond donors (Lipinski definition) is 8. The van der Waals surface area contributed by atoms with Crippen molar-refractivity contribution in [3.8, 4) is 0 Å². The Kier molecular flexibility index (Phi) is 30.9. The normalized spacial score (nSPS) is 9.91. The average molecular weight is 378 g/mol. The van der Waals surface area contributed by atoms with Crippen LogP contribution in [0.4, 0.5) is 0 Å². The van der Waals surface area contributed by atoms with Crippen LogP contribution in [-0.2, 0) is 20.8 Å². The van der Waals surface area contributed by atoms with E-state index in [4.69, 9.17) is 46.5 Å². The molecule has 0 bridgehead atoms. The molecule has 0 spiro atoms. The number of rotatable bonds is 7. The number of nitrogens with one attached hydrogen (secondary N) is 2. The van der Waals surface area contributed by atoms with Crippen molar-refractivity contribution in [2.45, 2.75) is 0 Å². The van der Waals surface area contributed by atoms with Crippen LogP contribution >= 0.6 is 0 Å². The van der Waals surface area contributed by atoms with Crippen LogP contribution in [0.25, 0.3) is 0 Å². The molecule has 0 amide bonds. The molecule has 14 nitrogen and oxygen atoms in total. The minimum absolute atomic E-state index is 0. The molecule has 0 aromatic heterocycles. The lowest BCUT2D eigenvalue weighted by Gasteiger charge is -2.03. The Balaban J connectivity index is -0.0000000692. The highest BCUT2D eigenvalue weighted by Gasteiger charge is 1.85. The van der Waals surface area contributed by atoms with Crippen LogP contribution in [0.15, 0.2) is 0 Å². The molecule has 14 N–H and O–H groups in total. The van der Waals surface area contributed by atoms with Gasteiger partial charge in [0.1, 0.15) is 0 Å². The first-order valence-electron chi connectivity index (χ1n) is 5.13. The van der Waals surface area contributed by atoms with Crippen LogP contribution in [0.5, 0.6) is 0 Å². The van der Waals surface area contributed by atoms with E-state index < -0.39 is 20.8 Å². The van der Waals surface area contributed by atoms with Crippen LogP contribution in [0, 0.1) is 0 Å². The van der Waals surface area contributed by atoms with Gasteiger partial charge in [0.15, 0.2) is 0 Å². The van der Waals surface area contributed by atoms with Gasteiger partial charge in [-0.05, 0) is 0 Å². The smallest absolute Gasteiger partial charge is 0.394 e. The minimum atomic E-state index is -4.67. The molecule has 0 aromatic rings. The highest BCUT2D eigenvalue weighted by atomic mass is 32.3. The van der Waals surface area contributed by atoms with E-state index in [0.29, 0.717) is 13.1 Å². The molecule has 22 heavy (non-hydrogen) atoms. The van der Waals surface area contributed by atoms with Crippen molar-refractivity contribution in [2.75, 3.05) is 39.3 Å². The molecule has 0 aromatic carbocycles. The Bertz CT molecular complexity index is 332. The lowest BCUT2D eigenvalue weighted by molar-refractivity contribution is 0.378. The minimum Gasteiger partial charge on any atom is -0.412 e. The van der Waals surface area contributed by atoms with Crippen molar-refractivity contribution in [1.29, 1.82) is 0 Å². The summed E-state index contributed by atoms with van der Waals surface area (Å²) in [5, 5.41) is 6.33. The molecule has 0 aliphatic rings. The molecular formula is C6H26N4O10S2. The van der Waals surface area contributed by atoms with E-state index in [2.05, 4.69) is 10.6 Å². The first-order chi connectivity index (χ1) is 8.91. The van der Waals surface area contributed by atoms with E-state index in [-0.39, 0.29) is 11.0 Å². The largest absolute Gasteiger partial charge is 0.412 e. The SMILES string of the molecule is NCCNCCNCCN.O.O.O=S(=O)(O)O.O=S(=O)(O)O. The maximum Gasteiger partial charge on any atom is 0.394 e. The van der Waals surface area contributed by atoms with Gasteiger partial charge in [-0.3, -0.25) is 18.2 Å². The first-order valence-corrected chi connectivity index (χ1v) is 7.92. The Morgan fingerprint density at radius 2 is 0.818 bits per heavy atom. The zero-order valence-corrected chi connectivity index (χ0v) is 13.3. The zero-order valence-electron chi connectivity index (χ0n) is 11.6. The van der Waals surface area contributed by atoms with Crippen LogP contribution < -0.4 is 22.1 Å². The molecule has 16 heteroatoms. The number of hydrogen-bond acceptors (Lipinski definition) is 8.